The quantitative estimate of drug-likeness (QED) is 0.397. The summed E-state index contributed by atoms with van der Waals surface area (Å²) in [4.78, 5) is 18.7. The van der Waals surface area contributed by atoms with E-state index in [2.05, 4.69) is 9.47 Å². The summed E-state index contributed by atoms with van der Waals surface area (Å²) in [6.45, 7) is 0.437. The monoisotopic (exact) mass is 271 g/mol. The second kappa shape index (κ2) is 15.5. The van der Waals surface area contributed by atoms with Crippen LogP contribution in [0.5, 0.6) is 0 Å². The first kappa shape index (κ1) is 19.5. The molecule has 0 aromatic heterocycles. The van der Waals surface area contributed by atoms with Crippen LogP contribution in [0.1, 0.15) is 0 Å². The van der Waals surface area contributed by atoms with Crippen LogP contribution in [0.3, 0.4) is 0 Å². The summed E-state index contributed by atoms with van der Waals surface area (Å²) in [5.74, 6) is 0. The van der Waals surface area contributed by atoms with Crippen molar-refractivity contribution < 1.29 is 46.3 Å². The second-order valence-electron chi connectivity index (χ2n) is 1.77. The number of carbonyl (C=O) groups is 2. The standard InChI is InChI=1S/2C3H7NO3.Cu/c2*4-1-2-7-3(5)6;/h2*1-2,4H2,(H,5,6);/q;;+2/p-2. The Labute approximate surface area is 97.0 Å². The van der Waals surface area contributed by atoms with E-state index in [4.69, 9.17) is 11.5 Å². The van der Waals surface area contributed by atoms with E-state index in [-0.39, 0.29) is 43.4 Å². The molecule has 0 unspecified atom stereocenters. The van der Waals surface area contributed by atoms with Crippen LogP contribution in [0, 0.1) is 0 Å². The first-order chi connectivity index (χ1) is 6.54. The summed E-state index contributed by atoms with van der Waals surface area (Å²) in [7, 11) is 0. The fourth-order valence-electron chi connectivity index (χ4n) is 0.285. The van der Waals surface area contributed by atoms with Crippen LogP contribution in [0.15, 0.2) is 0 Å². The summed E-state index contributed by atoms with van der Waals surface area (Å²) in [5, 5.41) is 18.7. The second-order valence-corrected chi connectivity index (χ2v) is 1.77. The Bertz CT molecular complexity index is 150. The van der Waals surface area contributed by atoms with Gasteiger partial charge in [-0.1, -0.05) is 0 Å². The third-order valence-electron chi connectivity index (χ3n) is 0.676. The molecule has 0 aromatic carbocycles. The van der Waals surface area contributed by atoms with Crippen LogP contribution >= 0.6 is 0 Å². The van der Waals surface area contributed by atoms with Gasteiger partial charge in [0.25, 0.3) is 12.3 Å². The number of carbonyl (C=O) groups excluding carboxylic acids is 2. The molecule has 0 aliphatic rings. The van der Waals surface area contributed by atoms with E-state index in [0.29, 0.717) is 0 Å². The molecule has 0 atom stereocenters. The van der Waals surface area contributed by atoms with Crippen molar-refractivity contribution in [2.24, 2.45) is 11.5 Å². The maximum absolute atomic E-state index is 9.37. The van der Waals surface area contributed by atoms with E-state index in [1.807, 2.05) is 0 Å². The molecule has 1 radical (unpaired) electrons. The minimum atomic E-state index is -1.52. The maximum atomic E-state index is 9.37. The van der Waals surface area contributed by atoms with Gasteiger partial charge in [-0.25, -0.2) is 0 Å². The van der Waals surface area contributed by atoms with Gasteiger partial charge in [-0.05, 0) is 0 Å². The number of rotatable bonds is 4. The van der Waals surface area contributed by atoms with E-state index < -0.39 is 12.3 Å². The molecule has 0 fully saturated rings. The van der Waals surface area contributed by atoms with E-state index in [0.717, 1.165) is 0 Å². The third kappa shape index (κ3) is 32.1. The fourth-order valence-corrected chi connectivity index (χ4v) is 0.285. The minimum absolute atomic E-state index is 0. The summed E-state index contributed by atoms with van der Waals surface area (Å²) in [6, 6.07) is 0. The van der Waals surface area contributed by atoms with Crippen molar-refractivity contribution in [3.8, 4) is 0 Å². The van der Waals surface area contributed by atoms with Gasteiger partial charge >= 0.3 is 17.1 Å². The van der Waals surface area contributed by atoms with Crippen molar-refractivity contribution in [2.75, 3.05) is 26.3 Å². The Hall–Kier alpha value is -1.02. The normalized spacial score (nSPS) is 7.60. The van der Waals surface area contributed by atoms with Crippen molar-refractivity contribution in [1.82, 2.24) is 0 Å². The molecule has 0 saturated carbocycles. The van der Waals surface area contributed by atoms with E-state index in [1.54, 1.807) is 0 Å². The molecule has 0 amide bonds. The number of hydrogen-bond donors (Lipinski definition) is 2. The Morgan fingerprint density at radius 1 is 0.933 bits per heavy atom. The molecule has 0 bridgehead atoms. The topological polar surface area (TPSA) is 151 Å². The van der Waals surface area contributed by atoms with Crippen molar-refractivity contribution in [3.63, 3.8) is 0 Å². The molecule has 0 saturated heterocycles. The number of carboxylic acid groups (broad SMARTS) is 2. The molecule has 0 aromatic rings. The van der Waals surface area contributed by atoms with Crippen molar-refractivity contribution in [2.45, 2.75) is 0 Å². The third-order valence-corrected chi connectivity index (χ3v) is 0.676. The molecular formula is C6H12CuN2O6. The zero-order valence-electron chi connectivity index (χ0n) is 7.73. The average Bonchev–Trinajstić information content (AvgIpc) is 2.12. The van der Waals surface area contributed by atoms with Crippen molar-refractivity contribution in [3.05, 3.63) is 0 Å². The van der Waals surface area contributed by atoms with Gasteiger partial charge in [0.2, 0.25) is 0 Å². The maximum Gasteiger partial charge on any atom is 2.00 e. The Kier molecular flexibility index (Phi) is 20.1. The van der Waals surface area contributed by atoms with Crippen LogP contribution in [-0.2, 0) is 26.5 Å². The van der Waals surface area contributed by atoms with Gasteiger partial charge in [0.15, 0.2) is 0 Å². The number of nitrogens with two attached hydrogens (primary N) is 2. The zero-order valence-corrected chi connectivity index (χ0v) is 8.68. The fraction of sp³-hybridized carbons (Fsp3) is 0.667. The van der Waals surface area contributed by atoms with Crippen LogP contribution in [0.2, 0.25) is 0 Å². The average molecular weight is 272 g/mol. The van der Waals surface area contributed by atoms with Crippen LogP contribution in [-0.4, -0.2) is 38.6 Å². The predicted molar refractivity (Wildman–Crippen MR) is 40.8 cm³/mol. The molecule has 0 spiro atoms. The van der Waals surface area contributed by atoms with Crippen molar-refractivity contribution >= 4 is 12.3 Å². The minimum Gasteiger partial charge on any atom is -0.548 e. The zero-order chi connectivity index (χ0) is 11.4. The van der Waals surface area contributed by atoms with Gasteiger partial charge < -0.3 is 40.7 Å². The molecule has 0 rings (SSSR count). The smallest absolute Gasteiger partial charge is 0.548 e. The number of ether oxygens (including phenoxy) is 2. The molecule has 9 heteroatoms. The summed E-state index contributed by atoms with van der Waals surface area (Å²) in [6.07, 6.45) is -3.05. The molecule has 15 heavy (non-hydrogen) atoms. The van der Waals surface area contributed by atoms with Gasteiger partial charge in [0.05, 0.1) is 0 Å². The van der Waals surface area contributed by atoms with E-state index in [1.165, 1.54) is 0 Å². The van der Waals surface area contributed by atoms with Crippen molar-refractivity contribution in [1.29, 1.82) is 0 Å². The molecule has 8 nitrogen and oxygen atoms in total. The Morgan fingerprint density at radius 3 is 1.27 bits per heavy atom. The molecule has 4 N–H and O–H groups in total. The van der Waals surface area contributed by atoms with Gasteiger partial charge in [-0.15, -0.1) is 0 Å². The van der Waals surface area contributed by atoms with Gasteiger partial charge in [-0.3, -0.25) is 0 Å². The van der Waals surface area contributed by atoms with Gasteiger partial charge in [0.1, 0.15) is 0 Å². The molecule has 0 aliphatic carbocycles. The van der Waals surface area contributed by atoms with E-state index in [9.17, 15) is 19.8 Å². The predicted octanol–water partition coefficient (Wildman–Crippen LogP) is -3.39. The SMILES string of the molecule is NCCOC(=O)[O-].NCCOC(=O)[O-].[Cu+2]. The van der Waals surface area contributed by atoms with Crippen LogP contribution in [0.25, 0.3) is 0 Å². The molecule has 0 aliphatic heterocycles. The molecular weight excluding hydrogens is 260 g/mol. The van der Waals surface area contributed by atoms with Gasteiger partial charge in [0, 0.05) is 26.3 Å². The first-order valence-corrected chi connectivity index (χ1v) is 3.62. The summed E-state index contributed by atoms with van der Waals surface area (Å²) >= 11 is 0. The van der Waals surface area contributed by atoms with E-state index >= 15 is 0 Å². The molecule has 0 heterocycles. The largest absolute Gasteiger partial charge is 2.00 e. The van der Waals surface area contributed by atoms with Crippen LogP contribution in [0.4, 0.5) is 9.59 Å². The first-order valence-electron chi connectivity index (χ1n) is 3.62. The number of hydrogen-bond acceptors (Lipinski definition) is 8. The molecule has 93 valence electrons. The summed E-state index contributed by atoms with van der Waals surface area (Å²) in [5.41, 5.74) is 9.72. The van der Waals surface area contributed by atoms with Crippen LogP contribution < -0.4 is 21.7 Å². The van der Waals surface area contributed by atoms with Gasteiger partial charge in [-0.2, -0.15) is 0 Å². The summed E-state index contributed by atoms with van der Waals surface area (Å²) < 4.78 is 7.74. The Balaban J connectivity index is -0.000000180. The Morgan fingerprint density at radius 2 is 1.20 bits per heavy atom.